The van der Waals surface area contributed by atoms with Crippen molar-refractivity contribution in [3.05, 3.63) is 16.1 Å². The average Bonchev–Trinajstić information content (AvgIpc) is 2.81. The average molecular weight is 269 g/mol. The Morgan fingerprint density at radius 3 is 3.00 bits per heavy atom. The van der Waals surface area contributed by atoms with E-state index in [0.29, 0.717) is 5.92 Å². The number of aromatic nitrogens is 1. The molecule has 1 aromatic heterocycles. The van der Waals surface area contributed by atoms with Gasteiger partial charge >= 0.3 is 0 Å². The van der Waals surface area contributed by atoms with Crippen LogP contribution < -0.4 is 5.32 Å². The molecule has 1 aromatic rings. The summed E-state index contributed by atoms with van der Waals surface area (Å²) in [6.07, 6.45) is 3.05. The first-order chi connectivity index (χ1) is 8.19. The van der Waals surface area contributed by atoms with Gasteiger partial charge in [0.15, 0.2) is 5.17 Å². The van der Waals surface area contributed by atoms with E-state index >= 15 is 0 Å². The second kappa shape index (κ2) is 5.87. The van der Waals surface area contributed by atoms with Crippen molar-refractivity contribution in [2.24, 2.45) is 10.9 Å². The summed E-state index contributed by atoms with van der Waals surface area (Å²) < 4.78 is 0. The van der Waals surface area contributed by atoms with Gasteiger partial charge in [0.2, 0.25) is 0 Å². The lowest BCUT2D eigenvalue weighted by Gasteiger charge is -2.20. The molecule has 0 amide bonds. The lowest BCUT2D eigenvalue weighted by atomic mass is 10.2. The van der Waals surface area contributed by atoms with Gasteiger partial charge in [-0.25, -0.2) is 4.98 Å². The van der Waals surface area contributed by atoms with Crippen LogP contribution in [0.2, 0.25) is 0 Å². The second-order valence-corrected chi connectivity index (χ2v) is 6.60. The van der Waals surface area contributed by atoms with Crippen LogP contribution in [-0.4, -0.2) is 22.4 Å². The van der Waals surface area contributed by atoms with Crippen molar-refractivity contribution in [3.8, 4) is 0 Å². The predicted octanol–water partition coefficient (Wildman–Crippen LogP) is 3.10. The second-order valence-electron chi connectivity index (χ2n) is 4.45. The van der Waals surface area contributed by atoms with Crippen molar-refractivity contribution < 1.29 is 0 Å². The van der Waals surface area contributed by atoms with Gasteiger partial charge in [0.1, 0.15) is 5.01 Å². The number of aryl methyl sites for hydroxylation is 1. The highest BCUT2D eigenvalue weighted by Gasteiger charge is 2.16. The maximum atomic E-state index is 4.55. The number of amidine groups is 1. The van der Waals surface area contributed by atoms with Crippen LogP contribution in [-0.2, 0) is 6.42 Å². The predicted molar refractivity (Wildman–Crippen MR) is 77.0 cm³/mol. The van der Waals surface area contributed by atoms with Gasteiger partial charge < -0.3 is 5.32 Å². The molecular formula is C12H19N3S2. The molecule has 0 radical (unpaired) electrons. The van der Waals surface area contributed by atoms with Crippen LogP contribution in [0.15, 0.2) is 11.2 Å². The third-order valence-corrected chi connectivity index (χ3v) is 5.26. The molecule has 5 heteroatoms. The highest BCUT2D eigenvalue weighted by Crippen LogP contribution is 2.23. The minimum absolute atomic E-state index is 0.264. The van der Waals surface area contributed by atoms with E-state index in [9.17, 15) is 0 Å². The van der Waals surface area contributed by atoms with Crippen LogP contribution in [0.3, 0.4) is 0 Å². The Bertz CT molecular complexity index is 400. The summed E-state index contributed by atoms with van der Waals surface area (Å²) in [6.45, 7) is 7.50. The summed E-state index contributed by atoms with van der Waals surface area (Å²) in [5, 5.41) is 5.68. The number of hydrogen-bond donors (Lipinski definition) is 1. The summed E-state index contributed by atoms with van der Waals surface area (Å²) in [4.78, 5) is 10.4. The van der Waals surface area contributed by atoms with E-state index in [1.165, 1.54) is 4.88 Å². The molecule has 0 saturated carbocycles. The van der Waals surface area contributed by atoms with Crippen LogP contribution in [0.5, 0.6) is 0 Å². The van der Waals surface area contributed by atoms with Crippen molar-refractivity contribution >= 4 is 28.3 Å². The van der Waals surface area contributed by atoms with E-state index in [4.69, 9.17) is 0 Å². The van der Waals surface area contributed by atoms with Crippen molar-refractivity contribution in [2.45, 2.75) is 33.2 Å². The third kappa shape index (κ3) is 3.45. The lowest BCUT2D eigenvalue weighted by Crippen LogP contribution is -2.28. The Hall–Kier alpha value is -0.550. The van der Waals surface area contributed by atoms with E-state index in [0.717, 1.165) is 28.9 Å². The zero-order chi connectivity index (χ0) is 12.3. The Morgan fingerprint density at radius 2 is 2.41 bits per heavy atom. The van der Waals surface area contributed by atoms with Gasteiger partial charge in [-0.3, -0.25) is 4.99 Å². The fraction of sp³-hybridized carbons (Fsp3) is 0.667. The van der Waals surface area contributed by atoms with Gasteiger partial charge in [0, 0.05) is 23.4 Å². The Labute approximate surface area is 111 Å². The van der Waals surface area contributed by atoms with Gasteiger partial charge in [-0.1, -0.05) is 25.6 Å². The first kappa shape index (κ1) is 12.9. The molecule has 0 aromatic carbocycles. The molecule has 0 saturated heterocycles. The summed E-state index contributed by atoms with van der Waals surface area (Å²) in [7, 11) is 0. The molecule has 2 rings (SSSR count). The number of nitrogens with one attached hydrogen (secondary N) is 1. The number of thioether (sulfide) groups is 1. The minimum Gasteiger partial charge on any atom is -0.356 e. The summed E-state index contributed by atoms with van der Waals surface area (Å²) >= 11 is 3.61. The van der Waals surface area contributed by atoms with Gasteiger partial charge in [-0.2, -0.15) is 0 Å². The monoisotopic (exact) mass is 269 g/mol. The molecule has 17 heavy (non-hydrogen) atoms. The summed E-state index contributed by atoms with van der Waals surface area (Å²) in [5.41, 5.74) is 0. The Morgan fingerprint density at radius 1 is 1.59 bits per heavy atom. The normalized spacial score (nSPS) is 22.1. The number of aliphatic imine (C=N–C) groups is 1. The molecule has 2 atom stereocenters. The number of nitrogens with zero attached hydrogens (tertiary/aromatic N) is 2. The zero-order valence-corrected chi connectivity index (χ0v) is 12.2. The SMILES string of the molecule is CCc1cnc(C(C)NC2=NCC(C)CS2)s1. The number of thiazole rings is 1. The van der Waals surface area contributed by atoms with Crippen LogP contribution in [0.1, 0.15) is 36.7 Å². The summed E-state index contributed by atoms with van der Waals surface area (Å²) in [5.74, 6) is 1.86. The highest BCUT2D eigenvalue weighted by atomic mass is 32.2. The molecule has 1 N–H and O–H groups in total. The first-order valence-electron chi connectivity index (χ1n) is 6.07. The number of rotatable bonds is 3. The Kier molecular flexibility index (Phi) is 4.45. The van der Waals surface area contributed by atoms with Crippen molar-refractivity contribution in [3.63, 3.8) is 0 Å². The standard InChI is InChI=1S/C12H19N3S2/c1-4-10-6-13-11(17-10)9(3)15-12-14-5-8(2)7-16-12/h6,8-9H,4-5,7H2,1-3H3,(H,14,15). The molecule has 0 aliphatic carbocycles. The van der Waals surface area contributed by atoms with Crippen LogP contribution in [0.4, 0.5) is 0 Å². The minimum atomic E-state index is 0.264. The maximum Gasteiger partial charge on any atom is 0.157 e. The van der Waals surface area contributed by atoms with E-state index in [2.05, 4.69) is 36.1 Å². The molecule has 2 unspecified atom stereocenters. The van der Waals surface area contributed by atoms with Crippen molar-refractivity contribution in [1.29, 1.82) is 0 Å². The first-order valence-corrected chi connectivity index (χ1v) is 7.87. The van der Waals surface area contributed by atoms with Crippen LogP contribution in [0.25, 0.3) is 0 Å². The largest absolute Gasteiger partial charge is 0.356 e. The topological polar surface area (TPSA) is 37.3 Å². The molecule has 3 nitrogen and oxygen atoms in total. The third-order valence-electron chi connectivity index (χ3n) is 2.68. The number of hydrogen-bond acceptors (Lipinski definition) is 5. The van der Waals surface area contributed by atoms with E-state index < -0.39 is 0 Å². The lowest BCUT2D eigenvalue weighted by molar-refractivity contribution is 0.657. The molecule has 1 aliphatic rings. The van der Waals surface area contributed by atoms with Crippen LogP contribution in [0, 0.1) is 5.92 Å². The molecule has 1 aliphatic heterocycles. The zero-order valence-electron chi connectivity index (χ0n) is 10.6. The molecule has 2 heterocycles. The maximum absolute atomic E-state index is 4.55. The van der Waals surface area contributed by atoms with E-state index in [1.807, 2.05) is 18.0 Å². The quantitative estimate of drug-likeness (QED) is 0.916. The smallest absolute Gasteiger partial charge is 0.157 e. The molecule has 0 fully saturated rings. The summed E-state index contributed by atoms with van der Waals surface area (Å²) in [6, 6.07) is 0.264. The van der Waals surface area contributed by atoms with Gasteiger partial charge in [-0.15, -0.1) is 11.3 Å². The van der Waals surface area contributed by atoms with Crippen LogP contribution >= 0.6 is 23.1 Å². The molecule has 94 valence electrons. The van der Waals surface area contributed by atoms with Crippen molar-refractivity contribution in [1.82, 2.24) is 10.3 Å². The van der Waals surface area contributed by atoms with Crippen molar-refractivity contribution in [2.75, 3.05) is 12.3 Å². The fourth-order valence-electron chi connectivity index (χ4n) is 1.58. The fourth-order valence-corrected chi connectivity index (χ4v) is 3.41. The van der Waals surface area contributed by atoms with E-state index in [-0.39, 0.29) is 6.04 Å². The van der Waals surface area contributed by atoms with Gasteiger partial charge in [0.05, 0.1) is 6.04 Å². The molecular weight excluding hydrogens is 250 g/mol. The van der Waals surface area contributed by atoms with E-state index in [1.54, 1.807) is 11.3 Å². The Balaban J connectivity index is 1.94. The van der Waals surface area contributed by atoms with Gasteiger partial charge in [0.25, 0.3) is 0 Å². The van der Waals surface area contributed by atoms with Gasteiger partial charge in [-0.05, 0) is 19.3 Å². The molecule has 0 bridgehead atoms. The molecule has 0 spiro atoms. The highest BCUT2D eigenvalue weighted by molar-refractivity contribution is 8.13.